The number of benzene rings is 2. The molecule has 3 aliphatic rings. The van der Waals surface area contributed by atoms with Crippen molar-refractivity contribution in [3.05, 3.63) is 48.5 Å². The molecule has 5 rings (SSSR count). The summed E-state index contributed by atoms with van der Waals surface area (Å²) in [7, 11) is -3.95. The number of hydrogen-bond acceptors (Lipinski definition) is 7. The number of rotatable bonds is 3. The lowest BCUT2D eigenvalue weighted by Gasteiger charge is -2.38. The molecular weight excluding hydrogens is 492 g/mol. The van der Waals surface area contributed by atoms with Crippen LogP contribution in [0.25, 0.3) is 11.1 Å². The van der Waals surface area contributed by atoms with Crippen molar-refractivity contribution in [2.45, 2.75) is 61.7 Å². The van der Waals surface area contributed by atoms with Crippen LogP contribution >= 0.6 is 0 Å². The van der Waals surface area contributed by atoms with Gasteiger partial charge in [-0.25, -0.2) is 13.1 Å². The summed E-state index contributed by atoms with van der Waals surface area (Å²) < 4.78 is 35.4. The van der Waals surface area contributed by atoms with Gasteiger partial charge >= 0.3 is 0 Å². The Hall–Kier alpha value is -2.01. The third kappa shape index (κ3) is 6.19. The van der Waals surface area contributed by atoms with Crippen LogP contribution in [0.5, 0.6) is 5.75 Å². The number of ether oxygens (including phenoxy) is 1. The highest BCUT2D eigenvalue weighted by Gasteiger charge is 2.46. The maximum absolute atomic E-state index is 13.3. The van der Waals surface area contributed by atoms with E-state index in [4.69, 9.17) is 4.74 Å². The molecule has 2 saturated carbocycles. The van der Waals surface area contributed by atoms with Crippen LogP contribution in [0.1, 0.15) is 38.5 Å². The smallest absolute Gasteiger partial charge is 0.244 e. The molecule has 0 bridgehead atoms. The molecule has 37 heavy (non-hydrogen) atoms. The van der Waals surface area contributed by atoms with Gasteiger partial charge in [0, 0.05) is 31.6 Å². The lowest BCUT2D eigenvalue weighted by Crippen LogP contribution is -2.48. The zero-order valence-corrected chi connectivity index (χ0v) is 21.9. The van der Waals surface area contributed by atoms with E-state index in [1.807, 2.05) is 30.3 Å². The lowest BCUT2D eigenvalue weighted by atomic mass is 9.85. The van der Waals surface area contributed by atoms with Crippen molar-refractivity contribution < 1.29 is 28.5 Å². The first-order valence-corrected chi connectivity index (χ1v) is 14.8. The summed E-state index contributed by atoms with van der Waals surface area (Å²) in [6.07, 6.45) is 2.77. The number of aliphatic hydroxyl groups is 3. The summed E-state index contributed by atoms with van der Waals surface area (Å²) in [6, 6.07) is 14.7. The second-order valence-electron chi connectivity index (χ2n) is 11.2. The Balaban J connectivity index is 1.51. The van der Waals surface area contributed by atoms with E-state index in [2.05, 4.69) is 9.62 Å². The summed E-state index contributed by atoms with van der Waals surface area (Å²) in [5.41, 5.74) is 1.18. The normalized spacial score (nSPS) is 31.4. The van der Waals surface area contributed by atoms with Crippen molar-refractivity contribution in [3.8, 4) is 16.9 Å². The number of aliphatic hydroxyl groups excluding tert-OH is 3. The Morgan fingerprint density at radius 3 is 2.38 bits per heavy atom. The van der Waals surface area contributed by atoms with Crippen LogP contribution in [0.4, 0.5) is 0 Å². The number of hydrogen-bond donors (Lipinski definition) is 4. The molecule has 2 fully saturated rings. The van der Waals surface area contributed by atoms with Gasteiger partial charge in [0.2, 0.25) is 10.0 Å². The molecule has 1 aliphatic heterocycles. The maximum Gasteiger partial charge on any atom is 0.244 e. The fourth-order valence-electron chi connectivity index (χ4n) is 6.30. The number of fused-ring (bicyclic) bond motifs is 1. The Labute approximate surface area is 219 Å². The Morgan fingerprint density at radius 2 is 1.68 bits per heavy atom. The fraction of sp³-hybridized carbons (Fsp3) is 0.571. The molecule has 2 aliphatic carbocycles. The number of nitrogens with zero attached hydrogens (tertiary/aromatic N) is 1. The van der Waals surface area contributed by atoms with Crippen molar-refractivity contribution in [1.29, 1.82) is 0 Å². The zero-order chi connectivity index (χ0) is 26.0. The highest BCUT2D eigenvalue weighted by Crippen LogP contribution is 2.42. The van der Waals surface area contributed by atoms with Gasteiger partial charge in [0.25, 0.3) is 0 Å². The van der Waals surface area contributed by atoms with Gasteiger partial charge in [-0.3, -0.25) is 4.90 Å². The number of nitrogens with one attached hydrogen (secondary N) is 1. The molecule has 2 aromatic rings. The molecule has 2 aromatic carbocycles. The lowest BCUT2D eigenvalue weighted by molar-refractivity contribution is 0.0394. The number of sulfonamides is 1. The van der Waals surface area contributed by atoms with Crippen LogP contribution in [0.3, 0.4) is 0 Å². The van der Waals surface area contributed by atoms with Gasteiger partial charge in [0.1, 0.15) is 10.6 Å². The van der Waals surface area contributed by atoms with Crippen molar-refractivity contribution >= 4 is 10.0 Å². The summed E-state index contributed by atoms with van der Waals surface area (Å²) in [6.45, 7) is 1.70. The highest BCUT2D eigenvalue weighted by molar-refractivity contribution is 7.89. The molecule has 4 atom stereocenters. The van der Waals surface area contributed by atoms with Crippen molar-refractivity contribution in [2.24, 2.45) is 11.3 Å². The molecule has 1 spiro atoms. The number of β-amino-alcohol motifs (C(OH)–C–C–N with tert-alkyl or cyclic N) is 1. The molecule has 4 N–H and O–H groups in total. The quantitative estimate of drug-likeness (QED) is 0.481. The van der Waals surface area contributed by atoms with Crippen molar-refractivity contribution in [3.63, 3.8) is 0 Å². The van der Waals surface area contributed by atoms with Crippen LogP contribution < -0.4 is 9.46 Å². The molecule has 0 amide bonds. The fourth-order valence-corrected chi connectivity index (χ4v) is 7.50. The van der Waals surface area contributed by atoms with Gasteiger partial charge in [-0.15, -0.1) is 0 Å². The van der Waals surface area contributed by atoms with Crippen LogP contribution in [-0.2, 0) is 10.0 Å². The van der Waals surface area contributed by atoms with Gasteiger partial charge in [-0.1, -0.05) is 49.2 Å². The van der Waals surface area contributed by atoms with E-state index < -0.39 is 33.8 Å². The second-order valence-corrected chi connectivity index (χ2v) is 12.9. The Kier molecular flexibility index (Phi) is 7.91. The van der Waals surface area contributed by atoms with E-state index in [9.17, 15) is 23.7 Å². The zero-order valence-electron chi connectivity index (χ0n) is 21.1. The third-order valence-electron chi connectivity index (χ3n) is 8.13. The van der Waals surface area contributed by atoms with E-state index >= 15 is 0 Å². The SMILES string of the molecule is O=S1(=O)NC[C@H](O)CN(CC2CCCC2)CC2(COc3cc(-c4ccccc4)ccc31)C[C@@H](O)[C@@H](O)C2. The van der Waals surface area contributed by atoms with Gasteiger partial charge in [-0.05, 0) is 54.9 Å². The van der Waals surface area contributed by atoms with Crippen LogP contribution in [0, 0.1) is 11.3 Å². The Bertz CT molecular complexity index is 1160. The molecular formula is C28H38N2O6S. The first kappa shape index (κ1) is 26.6. The van der Waals surface area contributed by atoms with Crippen molar-refractivity contribution in [2.75, 3.05) is 32.8 Å². The summed E-state index contributed by atoms with van der Waals surface area (Å²) in [5, 5.41) is 31.9. The molecule has 0 aromatic heterocycles. The molecule has 0 radical (unpaired) electrons. The molecule has 8 nitrogen and oxygen atoms in total. The minimum Gasteiger partial charge on any atom is -0.492 e. The minimum atomic E-state index is -3.95. The van der Waals surface area contributed by atoms with Crippen LogP contribution in [0.15, 0.2) is 53.4 Å². The van der Waals surface area contributed by atoms with Crippen molar-refractivity contribution in [1.82, 2.24) is 9.62 Å². The van der Waals surface area contributed by atoms with E-state index in [1.54, 1.807) is 12.1 Å². The first-order valence-electron chi connectivity index (χ1n) is 13.3. The van der Waals surface area contributed by atoms with Gasteiger partial charge in [0.05, 0.1) is 24.9 Å². The van der Waals surface area contributed by atoms with Crippen LogP contribution in [0.2, 0.25) is 0 Å². The molecule has 1 heterocycles. The van der Waals surface area contributed by atoms with Gasteiger partial charge in [0.15, 0.2) is 0 Å². The van der Waals surface area contributed by atoms with E-state index in [0.29, 0.717) is 31.8 Å². The monoisotopic (exact) mass is 530 g/mol. The predicted octanol–water partition coefficient (Wildman–Crippen LogP) is 2.38. The standard InChI is InChI=1S/C28H38N2O6S/c31-23-15-29-37(34,35)27-11-10-22(21-8-2-1-3-9-21)12-26(27)36-19-28(13-24(32)25(33)14-28)18-30(17-23)16-20-6-4-5-7-20/h1-3,8-12,20,23-25,29,31-33H,4-7,13-19H2/t23-,24-,25+,28?/m0/s1. The van der Waals surface area contributed by atoms with Crippen LogP contribution in [-0.4, -0.2) is 79.7 Å². The predicted molar refractivity (Wildman–Crippen MR) is 141 cm³/mol. The molecule has 0 saturated heterocycles. The maximum atomic E-state index is 13.3. The minimum absolute atomic E-state index is 0.0111. The second kappa shape index (κ2) is 11.0. The first-order chi connectivity index (χ1) is 17.7. The van der Waals surface area contributed by atoms with E-state index in [1.165, 1.54) is 18.9 Å². The van der Waals surface area contributed by atoms with E-state index in [-0.39, 0.29) is 23.8 Å². The average molecular weight is 531 g/mol. The summed E-state index contributed by atoms with van der Waals surface area (Å²) in [5.74, 6) is 0.752. The molecule has 202 valence electrons. The van der Waals surface area contributed by atoms with Gasteiger partial charge in [-0.2, -0.15) is 0 Å². The topological polar surface area (TPSA) is 119 Å². The molecule has 9 heteroatoms. The average Bonchev–Trinajstić information content (AvgIpc) is 3.48. The largest absolute Gasteiger partial charge is 0.492 e. The van der Waals surface area contributed by atoms with Gasteiger partial charge < -0.3 is 20.1 Å². The summed E-state index contributed by atoms with van der Waals surface area (Å²) in [4.78, 5) is 2.20. The third-order valence-corrected chi connectivity index (χ3v) is 9.59. The van der Waals surface area contributed by atoms with E-state index in [0.717, 1.165) is 30.5 Å². The summed E-state index contributed by atoms with van der Waals surface area (Å²) >= 11 is 0. The molecule has 1 unspecified atom stereocenters. The highest BCUT2D eigenvalue weighted by atomic mass is 32.2. The Morgan fingerprint density at radius 1 is 0.973 bits per heavy atom.